The van der Waals surface area contributed by atoms with Gasteiger partial charge in [-0.2, -0.15) is 0 Å². The van der Waals surface area contributed by atoms with Crippen LogP contribution in [0.5, 0.6) is 0 Å². The fourth-order valence-corrected chi connectivity index (χ4v) is 2.41. The molecule has 2 saturated heterocycles. The van der Waals surface area contributed by atoms with Crippen LogP contribution in [0.1, 0.15) is 5.56 Å². The molecule has 3 heterocycles. The van der Waals surface area contributed by atoms with Crippen molar-refractivity contribution in [2.45, 2.75) is 0 Å². The largest absolute Gasteiger partial charge is 0.485 e. The first kappa shape index (κ1) is 14.3. The summed E-state index contributed by atoms with van der Waals surface area (Å²) in [7, 11) is -1.07. The summed E-state index contributed by atoms with van der Waals surface area (Å²) in [6.07, 6.45) is 3.00. The Morgan fingerprint density at radius 2 is 1.40 bits per heavy atom. The molecule has 104 valence electrons. The lowest BCUT2D eigenvalue weighted by molar-refractivity contribution is 0.365. The second-order valence-corrected chi connectivity index (χ2v) is 4.88. The van der Waals surface area contributed by atoms with Crippen molar-refractivity contribution in [1.29, 1.82) is 0 Å². The van der Waals surface area contributed by atoms with E-state index >= 15 is 0 Å². The molecule has 3 rings (SSSR count). The van der Waals surface area contributed by atoms with Gasteiger partial charge in [-0.25, -0.2) is 9.97 Å². The summed E-state index contributed by atoms with van der Waals surface area (Å²) in [5, 5.41) is 1.16. The monoisotopic (exact) mass is 314 g/mol. The van der Waals surface area contributed by atoms with E-state index in [1.807, 2.05) is 0 Å². The highest BCUT2D eigenvalue weighted by atomic mass is 35.5. The van der Waals surface area contributed by atoms with Crippen molar-refractivity contribution in [3.8, 4) is 0 Å². The van der Waals surface area contributed by atoms with Crippen LogP contribution in [-0.4, -0.2) is 50.6 Å². The van der Waals surface area contributed by atoms with Crippen LogP contribution >= 0.6 is 23.2 Å². The van der Waals surface area contributed by atoms with E-state index in [0.29, 0.717) is 37.4 Å². The smallest absolute Gasteiger partial charge is 0.406 e. The van der Waals surface area contributed by atoms with Gasteiger partial charge in [-0.05, 0) is 5.37 Å². The van der Waals surface area contributed by atoms with Crippen molar-refractivity contribution >= 4 is 43.5 Å². The third-order valence-corrected chi connectivity index (χ3v) is 3.49. The number of nitrogens with zero attached hydrogens (tertiary/aromatic N) is 2. The predicted octanol–water partition coefficient (Wildman–Crippen LogP) is 1.32. The van der Waals surface area contributed by atoms with E-state index in [4.69, 9.17) is 41.8 Å². The Bertz CT molecular complexity index is 484. The van der Waals surface area contributed by atoms with Crippen molar-refractivity contribution in [2.75, 3.05) is 26.4 Å². The van der Waals surface area contributed by atoms with Gasteiger partial charge in [-0.3, -0.25) is 0 Å². The molecule has 0 atom stereocenters. The van der Waals surface area contributed by atoms with Gasteiger partial charge in [0.1, 0.15) is 16.6 Å². The zero-order valence-corrected chi connectivity index (χ0v) is 11.9. The van der Waals surface area contributed by atoms with E-state index in [9.17, 15) is 0 Å². The first-order valence-corrected chi connectivity index (χ1v) is 6.85. The summed E-state index contributed by atoms with van der Waals surface area (Å²) >= 11 is 12.1. The minimum absolute atomic E-state index is 0.249. The average Bonchev–Trinajstić information content (AvgIpc) is 3.12. The molecule has 2 fully saturated rings. The highest BCUT2D eigenvalue weighted by molar-refractivity contribution is 6.79. The number of halogens is 2. The first-order valence-electron chi connectivity index (χ1n) is 6.09. The average molecular weight is 315 g/mol. The zero-order chi connectivity index (χ0) is 13.9. The van der Waals surface area contributed by atoms with Gasteiger partial charge in [0.05, 0.1) is 26.4 Å². The number of aromatic nitrogens is 2. The molecule has 0 bridgehead atoms. The molecule has 20 heavy (non-hydrogen) atoms. The van der Waals surface area contributed by atoms with Gasteiger partial charge in [0.25, 0.3) is 0 Å². The number of rotatable bonds is 3. The van der Waals surface area contributed by atoms with Gasteiger partial charge in [0.15, 0.2) is 0 Å². The molecule has 0 aliphatic carbocycles. The summed E-state index contributed by atoms with van der Waals surface area (Å²) in [4.78, 5) is 7.82. The van der Waals surface area contributed by atoms with Crippen LogP contribution in [0.3, 0.4) is 0 Å². The summed E-state index contributed by atoms with van der Waals surface area (Å²) in [5.41, 5.74) is 0.490. The zero-order valence-electron chi connectivity index (χ0n) is 10.4. The molecular weight excluding hydrogens is 305 g/mol. The third kappa shape index (κ3) is 3.00. The van der Waals surface area contributed by atoms with Crippen molar-refractivity contribution in [3.05, 3.63) is 27.6 Å². The Morgan fingerprint density at radius 1 is 0.950 bits per heavy atom. The maximum Gasteiger partial charge on any atom is 0.485 e. The standard InChI is InChI=1S/C10H10B2Cl2N2O4/c13-9-7(10(14)16-6-15-9)5-8(11-17-1-2-18-11)12-19-3-4-20-12/h5-6H,1-4H2. The summed E-state index contributed by atoms with van der Waals surface area (Å²) in [6, 6.07) is 0. The normalized spacial score (nSPS) is 18.7. The summed E-state index contributed by atoms with van der Waals surface area (Å²) < 4.78 is 22.0. The Balaban J connectivity index is 1.96. The van der Waals surface area contributed by atoms with E-state index < -0.39 is 14.2 Å². The minimum Gasteiger partial charge on any atom is -0.406 e. The van der Waals surface area contributed by atoms with Gasteiger partial charge in [0.2, 0.25) is 0 Å². The molecule has 6 nitrogen and oxygen atoms in total. The van der Waals surface area contributed by atoms with E-state index in [0.717, 1.165) is 0 Å². The molecule has 1 aromatic heterocycles. The summed E-state index contributed by atoms with van der Waals surface area (Å²) in [5.74, 6) is 0. The molecule has 10 heteroatoms. The second-order valence-electron chi connectivity index (χ2n) is 4.16. The van der Waals surface area contributed by atoms with Crippen LogP contribution in [0.2, 0.25) is 10.3 Å². The van der Waals surface area contributed by atoms with Gasteiger partial charge >= 0.3 is 14.2 Å². The molecule has 0 aromatic carbocycles. The van der Waals surface area contributed by atoms with E-state index in [1.54, 1.807) is 6.08 Å². The Kier molecular flexibility index (Phi) is 4.60. The molecule has 1 aromatic rings. The lowest BCUT2D eigenvalue weighted by Crippen LogP contribution is -2.32. The van der Waals surface area contributed by atoms with Crippen molar-refractivity contribution in [2.24, 2.45) is 0 Å². The second kappa shape index (κ2) is 6.43. The first-order chi connectivity index (χ1) is 9.75. The predicted molar refractivity (Wildman–Crippen MR) is 75.3 cm³/mol. The van der Waals surface area contributed by atoms with Crippen molar-refractivity contribution < 1.29 is 18.6 Å². The lowest BCUT2D eigenvalue weighted by Gasteiger charge is -2.12. The van der Waals surface area contributed by atoms with Crippen molar-refractivity contribution in [3.63, 3.8) is 0 Å². The van der Waals surface area contributed by atoms with E-state index in [2.05, 4.69) is 9.97 Å². The van der Waals surface area contributed by atoms with Crippen LogP contribution in [-0.2, 0) is 18.6 Å². The van der Waals surface area contributed by atoms with Crippen LogP contribution in [0.4, 0.5) is 0 Å². The maximum absolute atomic E-state index is 6.04. The molecule has 0 saturated carbocycles. The van der Waals surface area contributed by atoms with Gasteiger partial charge in [-0.15, -0.1) is 0 Å². The van der Waals surface area contributed by atoms with Crippen LogP contribution < -0.4 is 0 Å². The fraction of sp³-hybridized carbons (Fsp3) is 0.400. The molecule has 0 unspecified atom stereocenters. The highest BCUT2D eigenvalue weighted by Crippen LogP contribution is 2.26. The quantitative estimate of drug-likeness (QED) is 0.619. The molecule has 2 aliphatic heterocycles. The Labute approximate surface area is 126 Å². The van der Waals surface area contributed by atoms with Gasteiger partial charge in [-0.1, -0.05) is 29.3 Å². The molecule has 0 N–H and O–H groups in total. The summed E-state index contributed by atoms with van der Waals surface area (Å²) in [6.45, 7) is 2.06. The maximum atomic E-state index is 6.04. The Morgan fingerprint density at radius 3 is 1.85 bits per heavy atom. The highest BCUT2D eigenvalue weighted by Gasteiger charge is 2.41. The van der Waals surface area contributed by atoms with Gasteiger partial charge in [0, 0.05) is 5.56 Å². The molecule has 0 spiro atoms. The van der Waals surface area contributed by atoms with Crippen LogP contribution in [0.25, 0.3) is 6.08 Å². The third-order valence-electron chi connectivity index (χ3n) is 2.89. The SMILES string of the molecule is Clc1ncnc(Cl)c1C=C(B1OCCO1)B1OCCO1. The molecular formula is C10H10B2Cl2N2O4. The number of hydrogen-bond acceptors (Lipinski definition) is 6. The Hall–Kier alpha value is -0.630. The van der Waals surface area contributed by atoms with E-state index in [1.165, 1.54) is 6.33 Å². The van der Waals surface area contributed by atoms with E-state index in [-0.39, 0.29) is 10.3 Å². The molecule has 0 amide bonds. The van der Waals surface area contributed by atoms with Crippen LogP contribution in [0.15, 0.2) is 11.7 Å². The molecule has 2 aliphatic rings. The minimum atomic E-state index is -0.537. The number of hydrogen-bond donors (Lipinski definition) is 0. The fourth-order valence-electron chi connectivity index (χ4n) is 1.99. The lowest BCUT2D eigenvalue weighted by atomic mass is 9.57. The van der Waals surface area contributed by atoms with Gasteiger partial charge < -0.3 is 18.6 Å². The molecule has 0 radical (unpaired) electrons. The van der Waals surface area contributed by atoms with Crippen molar-refractivity contribution in [1.82, 2.24) is 9.97 Å². The topological polar surface area (TPSA) is 62.7 Å². The van der Waals surface area contributed by atoms with Crippen LogP contribution in [0, 0.1) is 0 Å².